The first-order valence-corrected chi connectivity index (χ1v) is 9.10. The maximum absolute atomic E-state index is 9.47. The molecule has 122 valence electrons. The molecule has 2 N–H and O–H groups in total. The summed E-state index contributed by atoms with van der Waals surface area (Å²) in [6.07, 6.45) is 18.8. The zero-order valence-corrected chi connectivity index (χ0v) is 13.8. The summed E-state index contributed by atoms with van der Waals surface area (Å²) in [5, 5.41) is 18.1. The van der Waals surface area contributed by atoms with Crippen LogP contribution in [0.2, 0.25) is 0 Å². The molecule has 0 aromatic heterocycles. The lowest BCUT2D eigenvalue weighted by Crippen LogP contribution is -2.08. The first kappa shape index (κ1) is 19.9. The molecule has 0 aromatic carbocycles. The van der Waals surface area contributed by atoms with Crippen molar-refractivity contribution in [3.63, 3.8) is 0 Å². The van der Waals surface area contributed by atoms with Crippen molar-refractivity contribution in [1.82, 2.24) is 0 Å². The van der Waals surface area contributed by atoms with Gasteiger partial charge in [-0.2, -0.15) is 0 Å². The molecular weight excluding hydrogens is 248 g/mol. The van der Waals surface area contributed by atoms with Gasteiger partial charge in [0.2, 0.25) is 0 Å². The number of hydrogen-bond acceptors (Lipinski definition) is 2. The Morgan fingerprint density at radius 1 is 0.600 bits per heavy atom. The molecule has 2 nitrogen and oxygen atoms in total. The minimum absolute atomic E-state index is 0.111. The van der Waals surface area contributed by atoms with Crippen LogP contribution in [0.25, 0.3) is 0 Å². The second kappa shape index (κ2) is 17.0. The van der Waals surface area contributed by atoms with Crippen molar-refractivity contribution >= 4 is 0 Å². The predicted octanol–water partition coefficient (Wildman–Crippen LogP) is 5.21. The summed E-state index contributed by atoms with van der Waals surface area (Å²) in [6.45, 7) is 2.38. The van der Waals surface area contributed by atoms with Gasteiger partial charge in [-0.3, -0.25) is 0 Å². The summed E-state index contributed by atoms with van der Waals surface area (Å²) in [5.41, 5.74) is 0. The third-order valence-corrected chi connectivity index (χ3v) is 4.10. The molecule has 0 aromatic rings. The highest BCUT2D eigenvalue weighted by atomic mass is 16.3. The van der Waals surface area contributed by atoms with Gasteiger partial charge in [-0.05, 0) is 12.8 Å². The molecule has 0 aliphatic heterocycles. The van der Waals surface area contributed by atoms with Gasteiger partial charge < -0.3 is 10.2 Å². The lowest BCUT2D eigenvalue weighted by molar-refractivity contribution is 0.122. The fourth-order valence-corrected chi connectivity index (χ4v) is 2.69. The van der Waals surface area contributed by atoms with E-state index in [1.54, 1.807) is 0 Å². The molecule has 0 saturated carbocycles. The molecule has 0 aliphatic carbocycles. The third-order valence-electron chi connectivity index (χ3n) is 4.10. The lowest BCUT2D eigenvalue weighted by Gasteiger charge is -2.08. The quantitative estimate of drug-likeness (QED) is 0.382. The monoisotopic (exact) mass is 286 g/mol. The molecule has 1 unspecified atom stereocenters. The second-order valence-corrected chi connectivity index (χ2v) is 6.20. The summed E-state index contributed by atoms with van der Waals surface area (Å²) in [4.78, 5) is 0. The van der Waals surface area contributed by atoms with E-state index in [1.165, 1.54) is 77.0 Å². The summed E-state index contributed by atoms with van der Waals surface area (Å²) in [7, 11) is 0. The van der Waals surface area contributed by atoms with Crippen LogP contribution in [0.15, 0.2) is 0 Å². The largest absolute Gasteiger partial charge is 0.396 e. The molecular formula is C18H38O2. The first-order valence-electron chi connectivity index (χ1n) is 9.10. The van der Waals surface area contributed by atoms with Crippen LogP contribution in [0.3, 0.4) is 0 Å². The fourth-order valence-electron chi connectivity index (χ4n) is 2.69. The number of hydrogen-bond donors (Lipinski definition) is 2. The van der Waals surface area contributed by atoms with Gasteiger partial charge in [0.25, 0.3) is 0 Å². The van der Waals surface area contributed by atoms with Gasteiger partial charge in [0.15, 0.2) is 0 Å². The van der Waals surface area contributed by atoms with Gasteiger partial charge >= 0.3 is 0 Å². The Morgan fingerprint density at radius 2 is 1.00 bits per heavy atom. The Kier molecular flexibility index (Phi) is 16.9. The maximum Gasteiger partial charge on any atom is 0.0562 e. The molecule has 1 atom stereocenters. The number of rotatable bonds is 16. The van der Waals surface area contributed by atoms with Crippen LogP contribution in [0.5, 0.6) is 0 Å². The fraction of sp³-hybridized carbons (Fsp3) is 1.00. The van der Waals surface area contributed by atoms with Crippen LogP contribution in [-0.4, -0.2) is 22.9 Å². The summed E-state index contributed by atoms with van der Waals surface area (Å²) < 4.78 is 0. The Balaban J connectivity index is 2.99. The van der Waals surface area contributed by atoms with Crippen LogP contribution in [-0.2, 0) is 0 Å². The molecule has 0 saturated heterocycles. The lowest BCUT2D eigenvalue weighted by atomic mass is 10.0. The van der Waals surface area contributed by atoms with E-state index in [2.05, 4.69) is 6.92 Å². The van der Waals surface area contributed by atoms with E-state index in [4.69, 9.17) is 5.11 Å². The molecule has 2 heteroatoms. The van der Waals surface area contributed by atoms with Crippen molar-refractivity contribution < 1.29 is 10.2 Å². The second-order valence-electron chi connectivity index (χ2n) is 6.20. The third kappa shape index (κ3) is 16.0. The Labute approximate surface area is 127 Å². The normalized spacial score (nSPS) is 12.8. The average Bonchev–Trinajstić information content (AvgIpc) is 2.44. The van der Waals surface area contributed by atoms with Crippen molar-refractivity contribution in [3.05, 3.63) is 0 Å². The van der Waals surface area contributed by atoms with E-state index >= 15 is 0 Å². The molecule has 0 heterocycles. The SMILES string of the molecule is CCCCCCCCCCCCCCCC(O)CCO. The van der Waals surface area contributed by atoms with E-state index in [1.807, 2.05) is 0 Å². The number of unbranched alkanes of at least 4 members (excludes halogenated alkanes) is 12. The van der Waals surface area contributed by atoms with Gasteiger partial charge in [-0.1, -0.05) is 90.4 Å². The molecule has 0 spiro atoms. The van der Waals surface area contributed by atoms with Crippen LogP contribution >= 0.6 is 0 Å². The average molecular weight is 286 g/mol. The van der Waals surface area contributed by atoms with E-state index in [0.29, 0.717) is 6.42 Å². The van der Waals surface area contributed by atoms with E-state index in [-0.39, 0.29) is 12.7 Å². The molecule has 0 rings (SSSR count). The molecule has 0 aliphatic rings. The van der Waals surface area contributed by atoms with Crippen molar-refractivity contribution in [2.75, 3.05) is 6.61 Å². The number of aliphatic hydroxyl groups is 2. The zero-order valence-electron chi connectivity index (χ0n) is 13.8. The Hall–Kier alpha value is -0.0800. The minimum atomic E-state index is -0.285. The Bertz CT molecular complexity index is 171. The zero-order chi connectivity index (χ0) is 14.9. The topological polar surface area (TPSA) is 40.5 Å². The van der Waals surface area contributed by atoms with E-state index in [9.17, 15) is 5.11 Å². The van der Waals surface area contributed by atoms with Crippen molar-refractivity contribution in [3.8, 4) is 0 Å². The smallest absolute Gasteiger partial charge is 0.0562 e. The molecule has 0 bridgehead atoms. The van der Waals surface area contributed by atoms with Crippen molar-refractivity contribution in [2.24, 2.45) is 0 Å². The van der Waals surface area contributed by atoms with Crippen LogP contribution in [0.1, 0.15) is 103 Å². The molecule has 20 heavy (non-hydrogen) atoms. The maximum atomic E-state index is 9.47. The highest BCUT2D eigenvalue weighted by molar-refractivity contribution is 4.55. The first-order chi connectivity index (χ1) is 9.81. The van der Waals surface area contributed by atoms with Gasteiger partial charge in [0.05, 0.1) is 6.10 Å². The van der Waals surface area contributed by atoms with Crippen molar-refractivity contribution in [2.45, 2.75) is 109 Å². The standard InChI is InChI=1S/C18H38O2/c1-2-3-4-5-6-7-8-9-10-11-12-13-14-15-18(20)16-17-19/h18-20H,2-17H2,1H3. The highest BCUT2D eigenvalue weighted by Crippen LogP contribution is 2.13. The van der Waals surface area contributed by atoms with Crippen LogP contribution in [0, 0.1) is 0 Å². The van der Waals surface area contributed by atoms with Gasteiger partial charge in [-0.15, -0.1) is 0 Å². The van der Waals surface area contributed by atoms with Crippen LogP contribution in [0.4, 0.5) is 0 Å². The van der Waals surface area contributed by atoms with E-state index in [0.717, 1.165) is 12.8 Å². The summed E-state index contributed by atoms with van der Waals surface area (Å²) in [5.74, 6) is 0. The van der Waals surface area contributed by atoms with Crippen molar-refractivity contribution in [1.29, 1.82) is 0 Å². The highest BCUT2D eigenvalue weighted by Gasteiger charge is 2.02. The van der Waals surface area contributed by atoms with E-state index < -0.39 is 0 Å². The predicted molar refractivity (Wildman–Crippen MR) is 88.0 cm³/mol. The van der Waals surface area contributed by atoms with Gasteiger partial charge in [-0.25, -0.2) is 0 Å². The molecule has 0 fully saturated rings. The molecule has 0 amide bonds. The summed E-state index contributed by atoms with van der Waals surface area (Å²) >= 11 is 0. The van der Waals surface area contributed by atoms with Gasteiger partial charge in [0, 0.05) is 6.61 Å². The van der Waals surface area contributed by atoms with Crippen LogP contribution < -0.4 is 0 Å². The Morgan fingerprint density at radius 3 is 1.40 bits per heavy atom. The minimum Gasteiger partial charge on any atom is -0.396 e. The molecule has 0 radical (unpaired) electrons. The van der Waals surface area contributed by atoms with Gasteiger partial charge in [0.1, 0.15) is 0 Å². The summed E-state index contributed by atoms with van der Waals surface area (Å²) in [6, 6.07) is 0. The number of aliphatic hydroxyl groups excluding tert-OH is 2.